The Kier molecular flexibility index (Phi) is 2.27. The third kappa shape index (κ3) is 1.35. The van der Waals surface area contributed by atoms with E-state index in [0.717, 1.165) is 22.2 Å². The van der Waals surface area contributed by atoms with E-state index in [4.69, 9.17) is 0 Å². The zero-order chi connectivity index (χ0) is 9.42. The van der Waals surface area contributed by atoms with Gasteiger partial charge in [0.25, 0.3) is 5.91 Å². The Balaban J connectivity index is 2.50. The van der Waals surface area contributed by atoms with E-state index in [1.807, 2.05) is 30.0 Å². The number of nitrogens with zero attached hydrogens (tertiary/aromatic N) is 1. The van der Waals surface area contributed by atoms with Crippen molar-refractivity contribution in [2.45, 2.75) is 13.5 Å². The number of halogens is 1. The summed E-state index contributed by atoms with van der Waals surface area (Å²) < 4.78 is 1.07. The van der Waals surface area contributed by atoms with Crippen molar-refractivity contribution in [1.29, 1.82) is 0 Å². The average Bonchev–Trinajstić information content (AvgIpc) is 2.44. The molecule has 0 fully saturated rings. The highest BCUT2D eigenvalue weighted by Gasteiger charge is 2.27. The maximum Gasteiger partial charge on any atom is 0.255 e. The largest absolute Gasteiger partial charge is 0.335 e. The fourth-order valence-corrected chi connectivity index (χ4v) is 2.42. The summed E-state index contributed by atoms with van der Waals surface area (Å²) in [5, 5.41) is 0. The van der Waals surface area contributed by atoms with Gasteiger partial charge >= 0.3 is 0 Å². The van der Waals surface area contributed by atoms with Gasteiger partial charge in [0.2, 0.25) is 0 Å². The zero-order valence-electron chi connectivity index (χ0n) is 7.38. The first-order valence-electron chi connectivity index (χ1n) is 4.30. The molecule has 2 rings (SSSR count). The number of hydrogen-bond acceptors (Lipinski definition) is 1. The molecule has 1 aliphatic heterocycles. The molecule has 2 nitrogen and oxygen atoms in total. The topological polar surface area (TPSA) is 20.3 Å². The van der Waals surface area contributed by atoms with Crippen molar-refractivity contribution in [2.24, 2.45) is 0 Å². The van der Waals surface area contributed by atoms with Crippen LogP contribution in [0, 0.1) is 3.57 Å². The van der Waals surface area contributed by atoms with Crippen molar-refractivity contribution < 1.29 is 4.79 Å². The predicted octanol–water partition coefficient (Wildman–Crippen LogP) is 2.27. The maximum atomic E-state index is 11.8. The SMILES string of the molecule is CCN1Cc2cccc(I)c2C1=O. The predicted molar refractivity (Wildman–Crippen MR) is 59.6 cm³/mol. The van der Waals surface area contributed by atoms with Gasteiger partial charge in [0.15, 0.2) is 0 Å². The van der Waals surface area contributed by atoms with Crippen molar-refractivity contribution in [3.05, 3.63) is 32.9 Å². The lowest BCUT2D eigenvalue weighted by Gasteiger charge is -2.11. The van der Waals surface area contributed by atoms with Gasteiger partial charge in [-0.15, -0.1) is 0 Å². The van der Waals surface area contributed by atoms with Gasteiger partial charge in [-0.2, -0.15) is 0 Å². The first kappa shape index (κ1) is 8.99. The molecule has 68 valence electrons. The molecule has 1 aromatic carbocycles. The number of carbonyl (C=O) groups is 1. The van der Waals surface area contributed by atoms with Gasteiger partial charge in [0, 0.05) is 16.7 Å². The average molecular weight is 287 g/mol. The van der Waals surface area contributed by atoms with E-state index in [0.29, 0.717) is 0 Å². The first-order chi connectivity index (χ1) is 6.24. The van der Waals surface area contributed by atoms with Crippen molar-refractivity contribution in [3.8, 4) is 0 Å². The van der Waals surface area contributed by atoms with Gasteiger partial charge < -0.3 is 4.90 Å². The quantitative estimate of drug-likeness (QED) is 0.726. The van der Waals surface area contributed by atoms with E-state index in [1.165, 1.54) is 5.56 Å². The molecule has 3 heteroatoms. The van der Waals surface area contributed by atoms with E-state index in [2.05, 4.69) is 22.6 Å². The monoisotopic (exact) mass is 287 g/mol. The molecule has 0 N–H and O–H groups in total. The molecule has 0 atom stereocenters. The molecular weight excluding hydrogens is 277 g/mol. The number of benzene rings is 1. The van der Waals surface area contributed by atoms with E-state index >= 15 is 0 Å². The molecule has 0 spiro atoms. The van der Waals surface area contributed by atoms with Gasteiger partial charge in [-0.3, -0.25) is 4.79 Å². The van der Waals surface area contributed by atoms with Gasteiger partial charge in [-0.1, -0.05) is 12.1 Å². The second kappa shape index (κ2) is 3.29. The van der Waals surface area contributed by atoms with Crippen molar-refractivity contribution in [2.75, 3.05) is 6.54 Å². The number of rotatable bonds is 1. The van der Waals surface area contributed by atoms with E-state index < -0.39 is 0 Å². The van der Waals surface area contributed by atoms with Gasteiger partial charge in [-0.25, -0.2) is 0 Å². The van der Waals surface area contributed by atoms with E-state index in [-0.39, 0.29) is 5.91 Å². The Morgan fingerprint density at radius 1 is 1.54 bits per heavy atom. The fraction of sp³-hybridized carbons (Fsp3) is 0.300. The van der Waals surface area contributed by atoms with E-state index in [1.54, 1.807) is 0 Å². The molecule has 1 amide bonds. The third-order valence-corrected chi connectivity index (χ3v) is 3.24. The highest BCUT2D eigenvalue weighted by atomic mass is 127. The Hall–Kier alpha value is -0.580. The third-order valence-electron chi connectivity index (χ3n) is 2.34. The van der Waals surface area contributed by atoms with Crippen LogP contribution in [-0.4, -0.2) is 17.4 Å². The summed E-state index contributed by atoms with van der Waals surface area (Å²) in [5.74, 6) is 0.183. The van der Waals surface area contributed by atoms with Crippen molar-refractivity contribution in [1.82, 2.24) is 4.90 Å². The first-order valence-corrected chi connectivity index (χ1v) is 5.38. The summed E-state index contributed by atoms with van der Waals surface area (Å²) in [6.07, 6.45) is 0. The summed E-state index contributed by atoms with van der Waals surface area (Å²) in [5.41, 5.74) is 2.07. The highest BCUT2D eigenvalue weighted by molar-refractivity contribution is 14.1. The van der Waals surface area contributed by atoms with Crippen LogP contribution in [0.1, 0.15) is 22.8 Å². The van der Waals surface area contributed by atoms with Crippen LogP contribution < -0.4 is 0 Å². The molecule has 0 saturated carbocycles. The summed E-state index contributed by atoms with van der Waals surface area (Å²) in [6, 6.07) is 6.02. The molecule has 0 bridgehead atoms. The Morgan fingerprint density at radius 3 is 2.92 bits per heavy atom. The van der Waals surface area contributed by atoms with Crippen molar-refractivity contribution >= 4 is 28.5 Å². The van der Waals surface area contributed by atoms with Crippen LogP contribution in [0.4, 0.5) is 0 Å². The summed E-state index contributed by atoms with van der Waals surface area (Å²) in [7, 11) is 0. The second-order valence-corrected chi connectivity index (χ2v) is 4.26. The van der Waals surface area contributed by atoms with Crippen LogP contribution >= 0.6 is 22.6 Å². The van der Waals surface area contributed by atoms with Gasteiger partial charge in [0.1, 0.15) is 0 Å². The van der Waals surface area contributed by atoms with Crippen LogP contribution in [0.25, 0.3) is 0 Å². The molecule has 0 aliphatic carbocycles. The lowest BCUT2D eigenvalue weighted by atomic mass is 10.1. The summed E-state index contributed by atoms with van der Waals surface area (Å²) >= 11 is 2.22. The normalized spacial score (nSPS) is 14.9. The Labute approximate surface area is 91.1 Å². The molecule has 0 saturated heterocycles. The molecular formula is C10H10INO. The minimum atomic E-state index is 0.183. The molecule has 1 aromatic rings. The van der Waals surface area contributed by atoms with Gasteiger partial charge in [-0.05, 0) is 41.1 Å². The van der Waals surface area contributed by atoms with Crippen LogP contribution in [0.15, 0.2) is 18.2 Å². The Morgan fingerprint density at radius 2 is 2.31 bits per heavy atom. The molecule has 0 radical (unpaired) electrons. The number of fused-ring (bicyclic) bond motifs is 1. The summed E-state index contributed by atoms with van der Waals surface area (Å²) in [4.78, 5) is 13.6. The molecule has 1 aliphatic rings. The van der Waals surface area contributed by atoms with Crippen molar-refractivity contribution in [3.63, 3.8) is 0 Å². The minimum absolute atomic E-state index is 0.183. The second-order valence-electron chi connectivity index (χ2n) is 3.09. The Bertz CT molecular complexity index is 362. The minimum Gasteiger partial charge on any atom is -0.335 e. The molecule has 0 unspecified atom stereocenters. The fourth-order valence-electron chi connectivity index (χ4n) is 1.63. The molecule has 13 heavy (non-hydrogen) atoms. The number of hydrogen-bond donors (Lipinski definition) is 0. The molecule has 0 aromatic heterocycles. The van der Waals surface area contributed by atoms with Crippen LogP contribution in [0.5, 0.6) is 0 Å². The van der Waals surface area contributed by atoms with Crippen LogP contribution in [0.2, 0.25) is 0 Å². The zero-order valence-corrected chi connectivity index (χ0v) is 9.54. The maximum absolute atomic E-state index is 11.8. The smallest absolute Gasteiger partial charge is 0.255 e. The lowest BCUT2D eigenvalue weighted by molar-refractivity contribution is 0.0786. The van der Waals surface area contributed by atoms with Crippen LogP contribution in [0.3, 0.4) is 0 Å². The van der Waals surface area contributed by atoms with Gasteiger partial charge in [0.05, 0.1) is 5.56 Å². The number of carbonyl (C=O) groups excluding carboxylic acids is 1. The highest BCUT2D eigenvalue weighted by Crippen LogP contribution is 2.26. The summed E-state index contributed by atoms with van der Waals surface area (Å²) in [6.45, 7) is 3.59. The molecule has 1 heterocycles. The lowest BCUT2D eigenvalue weighted by Crippen LogP contribution is -2.23. The van der Waals surface area contributed by atoms with Crippen LogP contribution in [-0.2, 0) is 6.54 Å². The number of amides is 1. The van der Waals surface area contributed by atoms with E-state index in [9.17, 15) is 4.79 Å². The standard InChI is InChI=1S/C10H10INO/c1-2-12-6-7-4-3-5-8(11)9(7)10(12)13/h3-5H,2,6H2,1H3.